The first-order chi connectivity index (χ1) is 10.3. The van der Waals surface area contributed by atoms with E-state index in [0.29, 0.717) is 18.8 Å². The number of nitrogens with zero attached hydrogens (tertiary/aromatic N) is 1. The summed E-state index contributed by atoms with van der Waals surface area (Å²) in [7, 11) is 0. The molecule has 2 aromatic carbocycles. The lowest BCUT2D eigenvalue weighted by Gasteiger charge is -2.06. The van der Waals surface area contributed by atoms with Crippen LogP contribution in [0.4, 0.5) is 0 Å². The molecule has 0 saturated carbocycles. The first-order valence-corrected chi connectivity index (χ1v) is 6.53. The summed E-state index contributed by atoms with van der Waals surface area (Å²) in [5.74, 6) is 1.19. The van der Waals surface area contributed by atoms with E-state index in [0.717, 1.165) is 16.9 Å². The predicted molar refractivity (Wildman–Crippen MR) is 78.1 cm³/mol. The molecule has 0 unspecified atom stereocenters. The summed E-state index contributed by atoms with van der Waals surface area (Å²) < 4.78 is 10.9. The topological polar surface area (TPSA) is 52.3 Å². The van der Waals surface area contributed by atoms with E-state index in [2.05, 4.69) is 4.98 Å². The van der Waals surface area contributed by atoms with Gasteiger partial charge >= 0.3 is 0 Å². The molecule has 1 aromatic heterocycles. The molecule has 3 aromatic rings. The van der Waals surface area contributed by atoms with Gasteiger partial charge in [-0.2, -0.15) is 0 Å². The van der Waals surface area contributed by atoms with E-state index >= 15 is 0 Å². The maximum atomic E-state index is 10.6. The van der Waals surface area contributed by atoms with E-state index < -0.39 is 0 Å². The molecular weight excluding hydrogens is 266 g/mol. The molecule has 0 aliphatic carbocycles. The lowest BCUT2D eigenvalue weighted by Crippen LogP contribution is -1.94. The van der Waals surface area contributed by atoms with Gasteiger partial charge in [0.05, 0.1) is 0 Å². The van der Waals surface area contributed by atoms with Crippen LogP contribution in [0.25, 0.3) is 11.5 Å². The summed E-state index contributed by atoms with van der Waals surface area (Å²) in [6.07, 6.45) is 1.99. The minimum Gasteiger partial charge on any atom is -0.489 e. The van der Waals surface area contributed by atoms with Crippen molar-refractivity contribution in [1.82, 2.24) is 4.98 Å². The number of carbonyl (C=O) groups excluding carboxylic acids is 1. The van der Waals surface area contributed by atoms with Gasteiger partial charge in [-0.3, -0.25) is 4.79 Å². The SMILES string of the molecule is O=Cc1coc(-c2ccc(OCc3ccccc3)cc2)n1. The molecule has 21 heavy (non-hydrogen) atoms. The summed E-state index contributed by atoms with van der Waals surface area (Å²) in [6.45, 7) is 0.522. The average Bonchev–Trinajstić information content (AvgIpc) is 3.03. The maximum Gasteiger partial charge on any atom is 0.226 e. The number of hydrogen-bond donors (Lipinski definition) is 0. The van der Waals surface area contributed by atoms with Gasteiger partial charge in [-0.15, -0.1) is 0 Å². The summed E-state index contributed by atoms with van der Waals surface area (Å²) in [4.78, 5) is 14.6. The fourth-order valence-electron chi connectivity index (χ4n) is 1.91. The van der Waals surface area contributed by atoms with E-state index in [1.54, 1.807) is 0 Å². The van der Waals surface area contributed by atoms with E-state index in [1.165, 1.54) is 6.26 Å². The standard InChI is InChI=1S/C17H13NO3/c19-10-15-12-21-17(18-15)14-6-8-16(9-7-14)20-11-13-4-2-1-3-5-13/h1-10,12H,11H2. The Balaban J connectivity index is 1.68. The molecule has 0 saturated heterocycles. The van der Waals surface area contributed by atoms with Gasteiger partial charge in [0.15, 0.2) is 6.29 Å². The van der Waals surface area contributed by atoms with Gasteiger partial charge in [0.2, 0.25) is 5.89 Å². The molecule has 0 atom stereocenters. The minimum atomic E-state index is 0.286. The number of rotatable bonds is 5. The van der Waals surface area contributed by atoms with Crippen LogP contribution in [0.3, 0.4) is 0 Å². The Morgan fingerprint density at radius 3 is 2.48 bits per heavy atom. The van der Waals surface area contributed by atoms with Crippen LogP contribution in [0.15, 0.2) is 65.3 Å². The molecule has 0 aliphatic rings. The van der Waals surface area contributed by atoms with E-state index in [9.17, 15) is 4.79 Å². The summed E-state index contributed by atoms with van der Waals surface area (Å²) >= 11 is 0. The van der Waals surface area contributed by atoms with Crippen LogP contribution >= 0.6 is 0 Å². The first-order valence-electron chi connectivity index (χ1n) is 6.53. The highest BCUT2D eigenvalue weighted by Crippen LogP contribution is 2.22. The Hall–Kier alpha value is -2.88. The molecule has 0 aliphatic heterocycles. The molecule has 0 N–H and O–H groups in total. The van der Waals surface area contributed by atoms with Crippen molar-refractivity contribution in [3.8, 4) is 17.2 Å². The minimum absolute atomic E-state index is 0.286. The third-order valence-corrected chi connectivity index (χ3v) is 2.99. The predicted octanol–water partition coefficient (Wildman–Crippen LogP) is 3.73. The second-order valence-corrected chi connectivity index (χ2v) is 4.49. The first kappa shape index (κ1) is 13.1. The third kappa shape index (κ3) is 3.17. The number of carbonyl (C=O) groups is 1. The van der Waals surface area contributed by atoms with Crippen LogP contribution in [-0.4, -0.2) is 11.3 Å². The zero-order valence-corrected chi connectivity index (χ0v) is 11.2. The quantitative estimate of drug-likeness (QED) is 0.668. The van der Waals surface area contributed by atoms with Crippen LogP contribution in [-0.2, 0) is 6.61 Å². The van der Waals surface area contributed by atoms with Crippen molar-refractivity contribution in [3.63, 3.8) is 0 Å². The normalized spacial score (nSPS) is 10.3. The lowest BCUT2D eigenvalue weighted by atomic mass is 10.2. The number of aldehydes is 1. The monoisotopic (exact) mass is 279 g/mol. The smallest absolute Gasteiger partial charge is 0.226 e. The molecule has 4 heteroatoms. The molecule has 0 spiro atoms. The van der Waals surface area contributed by atoms with Crippen molar-refractivity contribution in [2.24, 2.45) is 0 Å². The van der Waals surface area contributed by atoms with Crippen LogP contribution in [0.5, 0.6) is 5.75 Å². The fourth-order valence-corrected chi connectivity index (χ4v) is 1.91. The number of oxazole rings is 1. The van der Waals surface area contributed by atoms with Crippen molar-refractivity contribution in [2.45, 2.75) is 6.61 Å². The van der Waals surface area contributed by atoms with Gasteiger partial charge in [-0.05, 0) is 29.8 Å². The highest BCUT2D eigenvalue weighted by atomic mass is 16.5. The third-order valence-electron chi connectivity index (χ3n) is 2.99. The molecular formula is C17H13NO3. The zero-order chi connectivity index (χ0) is 14.5. The van der Waals surface area contributed by atoms with Crippen molar-refractivity contribution < 1.29 is 13.9 Å². The Kier molecular flexibility index (Phi) is 3.78. The number of benzene rings is 2. The van der Waals surface area contributed by atoms with Gasteiger partial charge in [0, 0.05) is 5.56 Å². The van der Waals surface area contributed by atoms with Crippen molar-refractivity contribution in [2.75, 3.05) is 0 Å². The van der Waals surface area contributed by atoms with E-state index in [-0.39, 0.29) is 5.69 Å². The summed E-state index contributed by atoms with van der Waals surface area (Å²) in [6, 6.07) is 17.4. The Labute approximate surface area is 122 Å². The van der Waals surface area contributed by atoms with E-state index in [1.807, 2.05) is 54.6 Å². The molecule has 4 nitrogen and oxygen atoms in total. The second-order valence-electron chi connectivity index (χ2n) is 4.49. The lowest BCUT2D eigenvalue weighted by molar-refractivity contribution is 0.111. The highest BCUT2D eigenvalue weighted by molar-refractivity contribution is 5.72. The molecule has 104 valence electrons. The second kappa shape index (κ2) is 6.05. The van der Waals surface area contributed by atoms with Crippen LogP contribution in [0.1, 0.15) is 16.1 Å². The highest BCUT2D eigenvalue weighted by Gasteiger charge is 2.06. The Bertz CT molecular complexity index is 717. The average molecular weight is 279 g/mol. The van der Waals surface area contributed by atoms with Crippen molar-refractivity contribution in [1.29, 1.82) is 0 Å². The van der Waals surface area contributed by atoms with Crippen molar-refractivity contribution in [3.05, 3.63) is 72.1 Å². The fraction of sp³-hybridized carbons (Fsp3) is 0.0588. The molecule has 0 radical (unpaired) electrons. The molecule has 0 fully saturated rings. The number of aromatic nitrogens is 1. The molecule has 0 amide bonds. The molecule has 3 rings (SSSR count). The largest absolute Gasteiger partial charge is 0.489 e. The van der Waals surface area contributed by atoms with Crippen LogP contribution < -0.4 is 4.74 Å². The Morgan fingerprint density at radius 2 is 1.81 bits per heavy atom. The van der Waals surface area contributed by atoms with E-state index in [4.69, 9.17) is 9.15 Å². The van der Waals surface area contributed by atoms with Gasteiger partial charge < -0.3 is 9.15 Å². The zero-order valence-electron chi connectivity index (χ0n) is 11.2. The van der Waals surface area contributed by atoms with Crippen molar-refractivity contribution >= 4 is 6.29 Å². The van der Waals surface area contributed by atoms with Crippen LogP contribution in [0, 0.1) is 0 Å². The molecule has 1 heterocycles. The summed E-state index contributed by atoms with van der Waals surface area (Å²) in [5, 5.41) is 0. The maximum absolute atomic E-state index is 10.6. The Morgan fingerprint density at radius 1 is 1.05 bits per heavy atom. The van der Waals surface area contributed by atoms with Gasteiger partial charge in [0.1, 0.15) is 24.3 Å². The number of ether oxygens (including phenoxy) is 1. The van der Waals surface area contributed by atoms with Gasteiger partial charge in [0.25, 0.3) is 0 Å². The summed E-state index contributed by atoms with van der Waals surface area (Å²) in [5.41, 5.74) is 2.20. The van der Waals surface area contributed by atoms with Gasteiger partial charge in [-0.25, -0.2) is 4.98 Å². The molecule has 0 bridgehead atoms. The van der Waals surface area contributed by atoms with Gasteiger partial charge in [-0.1, -0.05) is 30.3 Å². The number of hydrogen-bond acceptors (Lipinski definition) is 4. The van der Waals surface area contributed by atoms with Crippen LogP contribution in [0.2, 0.25) is 0 Å².